The second kappa shape index (κ2) is 5.61. The summed E-state index contributed by atoms with van der Waals surface area (Å²) in [5, 5.41) is 10.9. The van der Waals surface area contributed by atoms with Crippen LogP contribution in [0.15, 0.2) is 12.1 Å². The maximum Gasteiger partial charge on any atom is 0.410 e. The highest BCUT2D eigenvalue weighted by Crippen LogP contribution is 2.49. The van der Waals surface area contributed by atoms with Gasteiger partial charge in [0.1, 0.15) is 24.6 Å². The first-order chi connectivity index (χ1) is 12.2. The number of cyclic esters (lactones) is 1. The summed E-state index contributed by atoms with van der Waals surface area (Å²) in [6.45, 7) is 6.64. The molecule has 0 saturated carbocycles. The third kappa shape index (κ3) is 2.53. The van der Waals surface area contributed by atoms with E-state index in [1.54, 1.807) is 11.0 Å². The number of piperidine rings is 1. The second-order valence-corrected chi connectivity index (χ2v) is 8.18. The lowest BCUT2D eigenvalue weighted by molar-refractivity contribution is -0.0281. The van der Waals surface area contributed by atoms with E-state index in [0.29, 0.717) is 30.9 Å². The van der Waals surface area contributed by atoms with Crippen molar-refractivity contribution < 1.29 is 28.9 Å². The first-order valence-corrected chi connectivity index (χ1v) is 8.83. The smallest absolute Gasteiger partial charge is 0.410 e. The Morgan fingerprint density at radius 1 is 1.35 bits per heavy atom. The summed E-state index contributed by atoms with van der Waals surface area (Å²) in [5.41, 5.74) is 1.03. The molecule has 3 heterocycles. The molecule has 1 aromatic rings. The number of esters is 1. The summed E-state index contributed by atoms with van der Waals surface area (Å²) < 4.78 is 16.4. The van der Waals surface area contributed by atoms with Crippen LogP contribution in [0.1, 0.15) is 48.7 Å². The van der Waals surface area contributed by atoms with Crippen LogP contribution < -0.4 is 4.74 Å². The predicted molar refractivity (Wildman–Crippen MR) is 91.2 cm³/mol. The van der Waals surface area contributed by atoms with Crippen LogP contribution in [0.25, 0.3) is 0 Å². The Bertz CT molecular complexity index is 783. The molecule has 1 spiro atoms. The molecule has 7 heteroatoms. The van der Waals surface area contributed by atoms with Crippen molar-refractivity contribution in [2.45, 2.75) is 50.9 Å². The van der Waals surface area contributed by atoms with Crippen LogP contribution in [-0.2, 0) is 21.5 Å². The molecule has 1 saturated heterocycles. The molecule has 0 bridgehead atoms. The number of amides is 1. The number of carbonyl (C=O) groups is 2. The van der Waals surface area contributed by atoms with Gasteiger partial charge in [-0.05, 0) is 33.3 Å². The Hall–Kier alpha value is -2.28. The molecule has 4 rings (SSSR count). The van der Waals surface area contributed by atoms with Gasteiger partial charge in [-0.1, -0.05) is 6.07 Å². The van der Waals surface area contributed by atoms with E-state index in [4.69, 9.17) is 14.2 Å². The molecule has 2 atom stereocenters. The minimum Gasteiger partial charge on any atom is -0.492 e. The average molecular weight is 361 g/mol. The molecule has 140 valence electrons. The number of β-amino-alcohol motifs (C(OH)–C–C–N with tert-alkyl or cyclic N) is 1. The summed E-state index contributed by atoms with van der Waals surface area (Å²) >= 11 is 0. The normalized spacial score (nSPS) is 27.0. The first kappa shape index (κ1) is 17.1. The number of rotatable bonds is 0. The Balaban J connectivity index is 1.58. The minimum atomic E-state index is -0.777. The molecular formula is C19H23NO6. The van der Waals surface area contributed by atoms with E-state index in [-0.39, 0.29) is 19.1 Å². The van der Waals surface area contributed by atoms with Crippen molar-refractivity contribution in [2.24, 2.45) is 0 Å². The largest absolute Gasteiger partial charge is 0.492 e. The van der Waals surface area contributed by atoms with Crippen LogP contribution in [0.3, 0.4) is 0 Å². The molecular weight excluding hydrogens is 338 g/mol. The third-order valence-corrected chi connectivity index (χ3v) is 5.35. The number of hydrogen-bond donors (Lipinski definition) is 1. The lowest BCUT2D eigenvalue weighted by Gasteiger charge is -2.42. The standard InChI is InChI=1S/C19H23NO6/c1-18(2,3)26-17(23)20-7-6-19(14(21)8-20)10-25-15-12-9-24-16(22)11(12)4-5-13(15)19/h4-5,14,21H,6-10H2,1-3H3. The second-order valence-electron chi connectivity index (χ2n) is 8.18. The number of nitrogens with zero attached hydrogens (tertiary/aromatic N) is 1. The van der Waals surface area contributed by atoms with Gasteiger partial charge in [-0.3, -0.25) is 0 Å². The number of ether oxygens (including phenoxy) is 3. The zero-order valence-electron chi connectivity index (χ0n) is 15.2. The summed E-state index contributed by atoms with van der Waals surface area (Å²) in [4.78, 5) is 25.6. The van der Waals surface area contributed by atoms with Gasteiger partial charge in [0.05, 0.1) is 23.6 Å². The topological polar surface area (TPSA) is 85.3 Å². The van der Waals surface area contributed by atoms with Gasteiger partial charge in [0, 0.05) is 17.7 Å². The fraction of sp³-hybridized carbons (Fsp3) is 0.579. The Labute approximate surface area is 151 Å². The van der Waals surface area contributed by atoms with Gasteiger partial charge in [0.2, 0.25) is 0 Å². The van der Waals surface area contributed by atoms with Gasteiger partial charge in [0.25, 0.3) is 0 Å². The Morgan fingerprint density at radius 2 is 2.12 bits per heavy atom. The minimum absolute atomic E-state index is 0.185. The molecule has 1 fully saturated rings. The first-order valence-electron chi connectivity index (χ1n) is 8.83. The number of aliphatic hydroxyl groups is 1. The maximum atomic E-state index is 12.3. The fourth-order valence-electron chi connectivity index (χ4n) is 3.96. The average Bonchev–Trinajstić information content (AvgIpc) is 3.11. The Kier molecular flexibility index (Phi) is 3.70. The maximum absolute atomic E-state index is 12.3. The molecule has 26 heavy (non-hydrogen) atoms. The number of likely N-dealkylation sites (tertiary alicyclic amines) is 1. The van der Waals surface area contributed by atoms with E-state index < -0.39 is 23.2 Å². The quantitative estimate of drug-likeness (QED) is 0.712. The zero-order valence-corrected chi connectivity index (χ0v) is 15.2. The molecule has 0 radical (unpaired) electrons. The van der Waals surface area contributed by atoms with Crippen molar-refractivity contribution in [3.05, 3.63) is 28.8 Å². The van der Waals surface area contributed by atoms with Crippen molar-refractivity contribution in [3.8, 4) is 5.75 Å². The van der Waals surface area contributed by atoms with Gasteiger partial charge in [-0.15, -0.1) is 0 Å². The summed E-state index contributed by atoms with van der Waals surface area (Å²) in [6, 6.07) is 3.59. The van der Waals surface area contributed by atoms with Crippen LogP contribution in [0, 0.1) is 0 Å². The van der Waals surface area contributed by atoms with Gasteiger partial charge >= 0.3 is 12.1 Å². The molecule has 2 unspecified atom stereocenters. The summed E-state index contributed by atoms with van der Waals surface area (Å²) in [6.07, 6.45) is -0.631. The van der Waals surface area contributed by atoms with Crippen LogP contribution in [0.2, 0.25) is 0 Å². The summed E-state index contributed by atoms with van der Waals surface area (Å²) in [7, 11) is 0. The lowest BCUT2D eigenvalue weighted by atomic mass is 9.72. The van der Waals surface area contributed by atoms with Crippen LogP contribution in [-0.4, -0.2) is 53.5 Å². The molecule has 1 N–H and O–H groups in total. The van der Waals surface area contributed by atoms with E-state index in [1.807, 2.05) is 26.8 Å². The molecule has 7 nitrogen and oxygen atoms in total. The van der Waals surface area contributed by atoms with E-state index in [0.717, 1.165) is 11.1 Å². The van der Waals surface area contributed by atoms with E-state index >= 15 is 0 Å². The third-order valence-electron chi connectivity index (χ3n) is 5.35. The van der Waals surface area contributed by atoms with Gasteiger partial charge in [-0.2, -0.15) is 0 Å². The monoisotopic (exact) mass is 361 g/mol. The van der Waals surface area contributed by atoms with E-state index in [1.165, 1.54) is 0 Å². The highest BCUT2D eigenvalue weighted by atomic mass is 16.6. The van der Waals surface area contributed by atoms with Crippen molar-refractivity contribution in [1.82, 2.24) is 4.90 Å². The molecule has 3 aliphatic rings. The zero-order chi connectivity index (χ0) is 18.7. The highest BCUT2D eigenvalue weighted by Gasteiger charge is 2.51. The summed E-state index contributed by atoms with van der Waals surface area (Å²) in [5.74, 6) is 0.311. The molecule has 0 aliphatic carbocycles. The van der Waals surface area contributed by atoms with Crippen LogP contribution >= 0.6 is 0 Å². The highest BCUT2D eigenvalue weighted by molar-refractivity contribution is 5.94. The lowest BCUT2D eigenvalue weighted by Crippen LogP contribution is -2.56. The number of benzene rings is 1. The fourth-order valence-corrected chi connectivity index (χ4v) is 3.96. The molecule has 0 aromatic heterocycles. The number of fused-ring (bicyclic) bond motifs is 4. The van der Waals surface area contributed by atoms with Gasteiger partial charge < -0.3 is 24.2 Å². The van der Waals surface area contributed by atoms with Crippen molar-refractivity contribution in [1.29, 1.82) is 0 Å². The van der Waals surface area contributed by atoms with E-state index in [2.05, 4.69) is 0 Å². The van der Waals surface area contributed by atoms with Gasteiger partial charge in [0.15, 0.2) is 0 Å². The Morgan fingerprint density at radius 3 is 2.81 bits per heavy atom. The molecule has 1 aromatic carbocycles. The van der Waals surface area contributed by atoms with E-state index in [9.17, 15) is 14.7 Å². The van der Waals surface area contributed by atoms with Crippen molar-refractivity contribution in [3.63, 3.8) is 0 Å². The predicted octanol–water partition coefficient (Wildman–Crippen LogP) is 1.99. The molecule has 3 aliphatic heterocycles. The SMILES string of the molecule is CC(C)(C)OC(=O)N1CCC2(COc3c2ccc2c3COC2=O)C(O)C1. The van der Waals surface area contributed by atoms with Crippen LogP contribution in [0.5, 0.6) is 5.75 Å². The number of carbonyl (C=O) groups excluding carboxylic acids is 2. The van der Waals surface area contributed by atoms with Crippen molar-refractivity contribution >= 4 is 12.1 Å². The van der Waals surface area contributed by atoms with Gasteiger partial charge in [-0.25, -0.2) is 9.59 Å². The molecule has 1 amide bonds. The number of hydrogen-bond acceptors (Lipinski definition) is 6. The number of aliphatic hydroxyl groups excluding tert-OH is 1. The van der Waals surface area contributed by atoms with Crippen molar-refractivity contribution in [2.75, 3.05) is 19.7 Å². The van der Waals surface area contributed by atoms with Crippen LogP contribution in [0.4, 0.5) is 4.79 Å².